The van der Waals surface area contributed by atoms with Gasteiger partial charge in [-0.2, -0.15) is 0 Å². The zero-order chi connectivity index (χ0) is 13.0. The third-order valence-electron chi connectivity index (χ3n) is 2.81. The van der Waals surface area contributed by atoms with Gasteiger partial charge < -0.3 is 5.73 Å². The summed E-state index contributed by atoms with van der Waals surface area (Å²) in [6.45, 7) is 0. The average Bonchev–Trinajstić information content (AvgIpc) is 2.40. The molecule has 0 aliphatic carbocycles. The SMILES string of the molecule is N[C@@H](Cc1ccc(-c2ccccc2)cc1)C(=O)I. The second-order valence-corrected chi connectivity index (χ2v) is 5.24. The fraction of sp³-hybridized carbons (Fsp3) is 0.133. The molecule has 1 atom stereocenters. The lowest BCUT2D eigenvalue weighted by molar-refractivity contribution is -0.110. The topological polar surface area (TPSA) is 43.1 Å². The van der Waals surface area contributed by atoms with E-state index >= 15 is 0 Å². The van der Waals surface area contributed by atoms with E-state index in [4.69, 9.17) is 5.73 Å². The molecule has 2 nitrogen and oxygen atoms in total. The van der Waals surface area contributed by atoms with Gasteiger partial charge in [-0.1, -0.05) is 54.6 Å². The Morgan fingerprint density at radius 1 is 1.00 bits per heavy atom. The van der Waals surface area contributed by atoms with Crippen LogP contribution in [0.5, 0.6) is 0 Å². The highest BCUT2D eigenvalue weighted by Gasteiger charge is 2.10. The van der Waals surface area contributed by atoms with Crippen molar-refractivity contribution < 1.29 is 4.79 Å². The van der Waals surface area contributed by atoms with Crippen molar-refractivity contribution in [2.45, 2.75) is 12.5 Å². The van der Waals surface area contributed by atoms with E-state index in [9.17, 15) is 4.79 Å². The number of halogens is 1. The summed E-state index contributed by atoms with van der Waals surface area (Å²) < 4.78 is -0.000245. The molecule has 0 amide bonds. The molecular weight excluding hydrogens is 337 g/mol. The molecule has 92 valence electrons. The van der Waals surface area contributed by atoms with Crippen LogP contribution in [0.3, 0.4) is 0 Å². The third kappa shape index (κ3) is 3.40. The quantitative estimate of drug-likeness (QED) is 0.679. The Balaban J connectivity index is 2.13. The summed E-state index contributed by atoms with van der Waals surface area (Å²) in [6, 6.07) is 18.0. The number of carbonyl (C=O) groups is 1. The minimum atomic E-state index is -0.409. The molecule has 2 aromatic carbocycles. The van der Waals surface area contributed by atoms with Crippen LogP contribution in [0, 0.1) is 0 Å². The fourth-order valence-corrected chi connectivity index (χ4v) is 2.02. The second kappa shape index (κ2) is 6.11. The van der Waals surface area contributed by atoms with Gasteiger partial charge in [-0.25, -0.2) is 0 Å². The van der Waals surface area contributed by atoms with Crippen LogP contribution in [0.2, 0.25) is 0 Å². The van der Waals surface area contributed by atoms with Gasteiger partial charge in [0, 0.05) is 22.6 Å². The largest absolute Gasteiger partial charge is 0.321 e. The standard InChI is InChI=1S/C15H14INO/c16-15(18)14(17)10-11-6-8-13(9-7-11)12-4-2-1-3-5-12/h1-9,14H,10,17H2/t14-/m0/s1. The van der Waals surface area contributed by atoms with Crippen LogP contribution < -0.4 is 5.73 Å². The predicted molar refractivity (Wildman–Crippen MR) is 82.6 cm³/mol. The van der Waals surface area contributed by atoms with Crippen LogP contribution in [0.1, 0.15) is 5.56 Å². The summed E-state index contributed by atoms with van der Waals surface area (Å²) in [5.74, 6) is 0. The Morgan fingerprint density at radius 2 is 1.56 bits per heavy atom. The molecule has 0 spiro atoms. The zero-order valence-corrected chi connectivity index (χ0v) is 12.0. The molecule has 0 fully saturated rings. The maximum atomic E-state index is 11.1. The molecule has 3 heteroatoms. The number of benzene rings is 2. The molecule has 0 saturated heterocycles. The van der Waals surface area contributed by atoms with Crippen LogP contribution in [0.15, 0.2) is 54.6 Å². The Kier molecular flexibility index (Phi) is 4.49. The number of nitrogens with two attached hydrogens (primary N) is 1. The molecule has 18 heavy (non-hydrogen) atoms. The molecule has 0 radical (unpaired) electrons. The van der Waals surface area contributed by atoms with Gasteiger partial charge in [0.2, 0.25) is 3.79 Å². The van der Waals surface area contributed by atoms with Crippen LogP contribution in [-0.4, -0.2) is 9.83 Å². The summed E-state index contributed by atoms with van der Waals surface area (Å²) >= 11 is 1.75. The van der Waals surface area contributed by atoms with E-state index in [1.807, 2.05) is 30.3 Å². The number of rotatable bonds is 4. The molecule has 0 aromatic heterocycles. The average molecular weight is 351 g/mol. The van der Waals surface area contributed by atoms with E-state index in [2.05, 4.69) is 24.3 Å². The van der Waals surface area contributed by atoms with E-state index in [0.29, 0.717) is 6.42 Å². The lowest BCUT2D eigenvalue weighted by Crippen LogP contribution is -2.28. The molecule has 0 unspecified atom stereocenters. The van der Waals surface area contributed by atoms with Gasteiger partial charge >= 0.3 is 0 Å². The molecule has 0 bridgehead atoms. The molecule has 0 heterocycles. The first-order valence-corrected chi connectivity index (χ1v) is 6.84. The Labute approximate surface area is 120 Å². The van der Waals surface area contributed by atoms with Crippen LogP contribution in [-0.2, 0) is 11.2 Å². The molecule has 2 rings (SSSR count). The highest BCUT2D eigenvalue weighted by atomic mass is 127. The minimum Gasteiger partial charge on any atom is -0.321 e. The van der Waals surface area contributed by atoms with Crippen molar-refractivity contribution in [1.82, 2.24) is 0 Å². The Hall–Kier alpha value is -1.20. The van der Waals surface area contributed by atoms with Gasteiger partial charge in [-0.3, -0.25) is 4.79 Å². The van der Waals surface area contributed by atoms with Gasteiger partial charge in [-0.15, -0.1) is 0 Å². The third-order valence-corrected chi connectivity index (χ3v) is 3.61. The summed E-state index contributed by atoms with van der Waals surface area (Å²) in [5, 5.41) is 0. The van der Waals surface area contributed by atoms with Gasteiger partial charge in [-0.05, 0) is 23.1 Å². The van der Waals surface area contributed by atoms with Crippen LogP contribution in [0.4, 0.5) is 0 Å². The highest BCUT2D eigenvalue weighted by molar-refractivity contribution is 14.1. The maximum Gasteiger partial charge on any atom is 0.209 e. The second-order valence-electron chi connectivity index (χ2n) is 4.18. The van der Waals surface area contributed by atoms with E-state index in [1.165, 1.54) is 11.1 Å². The van der Waals surface area contributed by atoms with E-state index in [0.717, 1.165) is 5.56 Å². The van der Waals surface area contributed by atoms with Gasteiger partial charge in [0.05, 0.1) is 6.04 Å². The van der Waals surface area contributed by atoms with Crippen molar-refractivity contribution in [1.29, 1.82) is 0 Å². The lowest BCUT2D eigenvalue weighted by Gasteiger charge is -2.08. The Bertz CT molecular complexity index is 522. The molecule has 2 N–H and O–H groups in total. The zero-order valence-electron chi connectivity index (χ0n) is 9.84. The van der Waals surface area contributed by atoms with E-state index in [1.54, 1.807) is 22.6 Å². The molecule has 2 aromatic rings. The monoisotopic (exact) mass is 351 g/mol. The summed E-state index contributed by atoms with van der Waals surface area (Å²) in [4.78, 5) is 11.1. The van der Waals surface area contributed by atoms with Crippen molar-refractivity contribution >= 4 is 26.4 Å². The van der Waals surface area contributed by atoms with E-state index < -0.39 is 6.04 Å². The van der Waals surface area contributed by atoms with Crippen molar-refractivity contribution in [3.8, 4) is 11.1 Å². The predicted octanol–water partition coefficient (Wildman–Crippen LogP) is 3.19. The van der Waals surface area contributed by atoms with Gasteiger partial charge in [0.1, 0.15) is 0 Å². The van der Waals surface area contributed by atoms with Crippen molar-refractivity contribution in [3.63, 3.8) is 0 Å². The summed E-state index contributed by atoms with van der Waals surface area (Å²) in [6.07, 6.45) is 0.594. The van der Waals surface area contributed by atoms with Gasteiger partial charge in [0.25, 0.3) is 0 Å². The lowest BCUT2D eigenvalue weighted by atomic mass is 10.0. The Morgan fingerprint density at radius 3 is 2.11 bits per heavy atom. The van der Waals surface area contributed by atoms with E-state index in [-0.39, 0.29) is 3.79 Å². The highest BCUT2D eigenvalue weighted by Crippen LogP contribution is 2.19. The smallest absolute Gasteiger partial charge is 0.209 e. The molecule has 0 aliphatic heterocycles. The van der Waals surface area contributed by atoms with Crippen molar-refractivity contribution in [2.24, 2.45) is 5.73 Å². The molecule has 0 saturated carbocycles. The number of hydrogen-bond donors (Lipinski definition) is 1. The minimum absolute atomic E-state index is 0.000245. The summed E-state index contributed by atoms with van der Waals surface area (Å²) in [7, 11) is 0. The van der Waals surface area contributed by atoms with Crippen molar-refractivity contribution in [2.75, 3.05) is 0 Å². The fourth-order valence-electron chi connectivity index (χ4n) is 1.80. The molecule has 0 aliphatic rings. The normalized spacial score (nSPS) is 12.1. The number of carbonyl (C=O) groups excluding carboxylic acids is 1. The first-order valence-electron chi connectivity index (χ1n) is 5.76. The van der Waals surface area contributed by atoms with Crippen molar-refractivity contribution in [3.05, 3.63) is 60.2 Å². The van der Waals surface area contributed by atoms with Crippen LogP contribution >= 0.6 is 22.6 Å². The summed E-state index contributed by atoms with van der Waals surface area (Å²) in [5.41, 5.74) is 9.20. The first kappa shape index (κ1) is 13.2. The van der Waals surface area contributed by atoms with Crippen LogP contribution in [0.25, 0.3) is 11.1 Å². The first-order chi connectivity index (χ1) is 8.66. The number of hydrogen-bond acceptors (Lipinski definition) is 2. The molecular formula is C15H14INO. The maximum absolute atomic E-state index is 11.1. The van der Waals surface area contributed by atoms with Gasteiger partial charge in [0.15, 0.2) is 0 Å².